The fourth-order valence-electron chi connectivity index (χ4n) is 0.647. The van der Waals surface area contributed by atoms with E-state index in [1.165, 1.54) is 33.2 Å². The lowest BCUT2D eigenvalue weighted by Crippen LogP contribution is -2.33. The second-order valence-corrected chi connectivity index (χ2v) is 2.94. The first-order valence-electron chi connectivity index (χ1n) is 5.03. The molecule has 2 amide bonds. The van der Waals surface area contributed by atoms with Gasteiger partial charge in [0.2, 0.25) is 11.8 Å². The van der Waals surface area contributed by atoms with Crippen molar-refractivity contribution in [1.82, 2.24) is 10.6 Å². The highest BCUT2D eigenvalue weighted by Crippen LogP contribution is 1.88. The van der Waals surface area contributed by atoms with E-state index in [1.54, 1.807) is 0 Å². The van der Waals surface area contributed by atoms with Gasteiger partial charge < -0.3 is 10.6 Å². The predicted octanol–water partition coefficient (Wildman–Crippen LogP) is 1.06. The molecule has 0 saturated heterocycles. The molecule has 0 aliphatic heterocycles. The van der Waals surface area contributed by atoms with Crippen molar-refractivity contribution in [2.24, 2.45) is 0 Å². The van der Waals surface area contributed by atoms with Crippen LogP contribution in [0.25, 0.3) is 0 Å². The van der Waals surface area contributed by atoms with E-state index in [0.29, 0.717) is 0 Å². The van der Waals surface area contributed by atoms with Crippen molar-refractivity contribution in [2.75, 3.05) is 13.6 Å². The van der Waals surface area contributed by atoms with Gasteiger partial charge in [-0.2, -0.15) is 0 Å². The summed E-state index contributed by atoms with van der Waals surface area (Å²) < 4.78 is 0. The molecule has 0 atom stereocenters. The van der Waals surface area contributed by atoms with Crippen LogP contribution in [0.1, 0.15) is 40.0 Å². The molecule has 0 bridgehead atoms. The Balaban J connectivity index is 0. The zero-order valence-electron chi connectivity index (χ0n) is 9.64. The maximum Gasteiger partial charge on any atom is 0.239 e. The summed E-state index contributed by atoms with van der Waals surface area (Å²) in [7, 11) is 1.52. The van der Waals surface area contributed by atoms with Crippen LogP contribution in [0.4, 0.5) is 0 Å². The number of rotatable bonds is 4. The lowest BCUT2D eigenvalue weighted by molar-refractivity contribution is -0.124. The molecular formula is C10H22N2O2. The van der Waals surface area contributed by atoms with Crippen LogP contribution in [-0.2, 0) is 9.59 Å². The summed E-state index contributed by atoms with van der Waals surface area (Å²) >= 11 is 0. The van der Waals surface area contributed by atoms with Crippen LogP contribution in [-0.4, -0.2) is 25.4 Å². The summed E-state index contributed by atoms with van der Waals surface area (Å²) in [5, 5.41) is 4.71. The smallest absolute Gasteiger partial charge is 0.239 e. The Morgan fingerprint density at radius 3 is 1.86 bits per heavy atom. The zero-order valence-corrected chi connectivity index (χ0v) is 9.64. The molecule has 4 nitrogen and oxygen atoms in total. The highest BCUT2D eigenvalue weighted by Gasteiger charge is 1.95. The van der Waals surface area contributed by atoms with Gasteiger partial charge >= 0.3 is 0 Å². The van der Waals surface area contributed by atoms with E-state index in [2.05, 4.69) is 24.5 Å². The van der Waals surface area contributed by atoms with Crippen LogP contribution >= 0.6 is 0 Å². The highest BCUT2D eigenvalue weighted by molar-refractivity contribution is 5.83. The van der Waals surface area contributed by atoms with Crippen LogP contribution in [0.2, 0.25) is 0 Å². The Morgan fingerprint density at radius 1 is 1.14 bits per heavy atom. The molecule has 4 heteroatoms. The molecule has 2 N–H and O–H groups in total. The van der Waals surface area contributed by atoms with Gasteiger partial charge in [0, 0.05) is 14.0 Å². The number of amides is 2. The van der Waals surface area contributed by atoms with E-state index < -0.39 is 0 Å². The van der Waals surface area contributed by atoms with Gasteiger partial charge in [0.15, 0.2) is 0 Å². The first-order chi connectivity index (χ1) is 6.58. The van der Waals surface area contributed by atoms with E-state index in [0.717, 1.165) is 0 Å². The zero-order chi connectivity index (χ0) is 11.4. The number of unbranched alkanes of at least 4 members (excludes halogenated alkanes) is 2. The van der Waals surface area contributed by atoms with Crippen molar-refractivity contribution in [2.45, 2.75) is 40.0 Å². The van der Waals surface area contributed by atoms with Gasteiger partial charge in [-0.3, -0.25) is 9.59 Å². The molecule has 84 valence electrons. The molecule has 0 aliphatic carbocycles. The lowest BCUT2D eigenvalue weighted by atomic mass is 10.3. The van der Waals surface area contributed by atoms with E-state index in [4.69, 9.17) is 0 Å². The van der Waals surface area contributed by atoms with E-state index in [-0.39, 0.29) is 18.4 Å². The third-order valence-corrected chi connectivity index (χ3v) is 1.48. The predicted molar refractivity (Wildman–Crippen MR) is 57.9 cm³/mol. The summed E-state index contributed by atoms with van der Waals surface area (Å²) in [4.78, 5) is 20.6. The maximum atomic E-state index is 10.4. The molecule has 0 aliphatic rings. The summed E-state index contributed by atoms with van der Waals surface area (Å²) in [5.41, 5.74) is 0. The SMILES string of the molecule is CCCCC.CNC(=O)CNC(C)=O. The lowest BCUT2D eigenvalue weighted by Gasteiger charge is -1.98. The quantitative estimate of drug-likeness (QED) is 0.716. The van der Waals surface area contributed by atoms with Gasteiger partial charge in [-0.25, -0.2) is 0 Å². The first-order valence-corrected chi connectivity index (χ1v) is 5.03. The summed E-state index contributed by atoms with van der Waals surface area (Å²) in [6.07, 6.45) is 4.08. The van der Waals surface area contributed by atoms with Gasteiger partial charge in [-0.15, -0.1) is 0 Å². The molecule has 0 saturated carbocycles. The van der Waals surface area contributed by atoms with Crippen LogP contribution in [0, 0.1) is 0 Å². The second kappa shape index (κ2) is 11.9. The number of likely N-dealkylation sites (N-methyl/N-ethyl adjacent to an activating group) is 1. The molecule has 0 radical (unpaired) electrons. The van der Waals surface area contributed by atoms with Crippen LogP contribution in [0.3, 0.4) is 0 Å². The van der Waals surface area contributed by atoms with Crippen molar-refractivity contribution in [3.8, 4) is 0 Å². The standard InChI is InChI=1S/C5H10N2O2.C5H12/c1-4(8)7-3-5(9)6-2;1-3-5-4-2/h3H2,1-2H3,(H,6,9)(H,7,8);3-5H2,1-2H3. The fraction of sp³-hybridized carbons (Fsp3) is 0.800. The van der Waals surface area contributed by atoms with Crippen molar-refractivity contribution >= 4 is 11.8 Å². The number of nitrogens with one attached hydrogen (secondary N) is 2. The molecule has 14 heavy (non-hydrogen) atoms. The van der Waals surface area contributed by atoms with E-state index in [9.17, 15) is 9.59 Å². The van der Waals surface area contributed by atoms with Crippen molar-refractivity contribution in [3.63, 3.8) is 0 Å². The minimum atomic E-state index is -0.196. The van der Waals surface area contributed by atoms with Crippen LogP contribution < -0.4 is 10.6 Å². The molecule has 0 aromatic carbocycles. The van der Waals surface area contributed by atoms with Crippen molar-refractivity contribution in [1.29, 1.82) is 0 Å². The topological polar surface area (TPSA) is 58.2 Å². The number of carbonyl (C=O) groups excluding carboxylic acids is 2. The van der Waals surface area contributed by atoms with E-state index in [1.807, 2.05) is 0 Å². The van der Waals surface area contributed by atoms with Gasteiger partial charge in [0.05, 0.1) is 6.54 Å². The molecule has 0 rings (SSSR count). The van der Waals surface area contributed by atoms with Gasteiger partial charge in [-0.1, -0.05) is 33.1 Å². The van der Waals surface area contributed by atoms with E-state index >= 15 is 0 Å². The fourth-order valence-corrected chi connectivity index (χ4v) is 0.647. The Kier molecular flexibility index (Phi) is 13.1. The Bertz CT molecular complexity index is 156. The largest absolute Gasteiger partial charge is 0.358 e. The summed E-state index contributed by atoms with van der Waals surface area (Å²) in [6.45, 7) is 5.85. The molecule has 0 aromatic rings. The average Bonchev–Trinajstić information content (AvgIpc) is 2.16. The number of carbonyl (C=O) groups is 2. The monoisotopic (exact) mass is 202 g/mol. The third-order valence-electron chi connectivity index (χ3n) is 1.48. The molecule has 0 fully saturated rings. The first kappa shape index (κ1) is 15.4. The van der Waals surface area contributed by atoms with Gasteiger partial charge in [0.1, 0.15) is 0 Å². The molecule has 0 unspecified atom stereocenters. The van der Waals surface area contributed by atoms with Gasteiger partial charge in [-0.05, 0) is 0 Å². The minimum Gasteiger partial charge on any atom is -0.358 e. The normalized spacial score (nSPS) is 8.29. The highest BCUT2D eigenvalue weighted by atomic mass is 16.2. The van der Waals surface area contributed by atoms with Crippen molar-refractivity contribution < 1.29 is 9.59 Å². The van der Waals surface area contributed by atoms with Crippen LogP contribution in [0.5, 0.6) is 0 Å². The van der Waals surface area contributed by atoms with Crippen LogP contribution in [0.15, 0.2) is 0 Å². The number of hydrogen-bond donors (Lipinski definition) is 2. The maximum absolute atomic E-state index is 10.4. The summed E-state index contributed by atoms with van der Waals surface area (Å²) in [5.74, 6) is -0.385. The molecule has 0 heterocycles. The summed E-state index contributed by atoms with van der Waals surface area (Å²) in [6, 6.07) is 0. The Hall–Kier alpha value is -1.06. The second-order valence-electron chi connectivity index (χ2n) is 2.94. The Labute approximate surface area is 86.5 Å². The Morgan fingerprint density at radius 2 is 1.64 bits per heavy atom. The minimum absolute atomic E-state index is 0.0613. The van der Waals surface area contributed by atoms with Crippen molar-refractivity contribution in [3.05, 3.63) is 0 Å². The number of hydrogen-bond acceptors (Lipinski definition) is 2. The van der Waals surface area contributed by atoms with Gasteiger partial charge in [0.25, 0.3) is 0 Å². The molecular weight excluding hydrogens is 180 g/mol. The molecule has 0 aromatic heterocycles. The average molecular weight is 202 g/mol. The third kappa shape index (κ3) is 17.1. The molecule has 0 spiro atoms.